The van der Waals surface area contributed by atoms with Gasteiger partial charge in [-0.25, -0.2) is 0 Å². The summed E-state index contributed by atoms with van der Waals surface area (Å²) in [6, 6.07) is -0.494. The van der Waals surface area contributed by atoms with E-state index in [-0.39, 0.29) is 43.0 Å². The van der Waals surface area contributed by atoms with E-state index in [1.165, 1.54) is 0 Å². The summed E-state index contributed by atoms with van der Waals surface area (Å²) in [5, 5.41) is 0. The van der Waals surface area contributed by atoms with Crippen LogP contribution in [0.2, 0.25) is 0 Å². The van der Waals surface area contributed by atoms with Crippen LogP contribution in [0.4, 0.5) is 0 Å². The number of alkyl halides is 2. The molecule has 7 heteroatoms. The molecule has 0 aromatic heterocycles. The summed E-state index contributed by atoms with van der Waals surface area (Å²) in [5.41, 5.74) is 30.0. The van der Waals surface area contributed by atoms with E-state index in [4.69, 9.17) is 28.7 Å². The van der Waals surface area contributed by atoms with Crippen LogP contribution >= 0.6 is 16.8 Å². The molecule has 0 aromatic rings. The summed E-state index contributed by atoms with van der Waals surface area (Å²) >= 11 is -1.78. The molecule has 0 saturated carbocycles. The van der Waals surface area contributed by atoms with Gasteiger partial charge in [0.2, 0.25) is 0 Å². The summed E-state index contributed by atoms with van der Waals surface area (Å²) < 4.78 is 2.57. The van der Waals surface area contributed by atoms with Crippen molar-refractivity contribution in [2.45, 2.75) is 26.2 Å². The van der Waals surface area contributed by atoms with Crippen LogP contribution in [0.15, 0.2) is 0 Å². The van der Waals surface area contributed by atoms with Crippen molar-refractivity contribution in [3.63, 3.8) is 0 Å². The van der Waals surface area contributed by atoms with Gasteiger partial charge in [-0.05, 0) is 0 Å². The van der Waals surface area contributed by atoms with Crippen LogP contribution in [-0.2, 0) is 0 Å². The van der Waals surface area contributed by atoms with E-state index < -0.39 is 14.5 Å². The zero-order valence-electron chi connectivity index (χ0n) is 7.11. The molecule has 0 amide bonds. The second-order valence-electron chi connectivity index (χ2n) is 3.41. The Morgan fingerprint density at radius 3 is 1.54 bits per heavy atom. The summed E-state index contributed by atoms with van der Waals surface area (Å²) in [5.74, 6) is 0. The first-order valence-corrected chi connectivity index (χ1v) is 15.3. The van der Waals surface area contributed by atoms with E-state index in [1.54, 1.807) is 0 Å². The Morgan fingerprint density at radius 1 is 0.846 bits per heavy atom. The molecule has 80 valence electrons. The average molecular weight is 412 g/mol. The Kier molecular flexibility index (Phi) is 2.72. The molecule has 0 radical (unpaired) electrons. The summed E-state index contributed by atoms with van der Waals surface area (Å²) in [6.07, 6.45) is 0. The molecule has 2 rings (SSSR count). The number of hydrogen-bond donors (Lipinski definition) is 5. The molecule has 4 unspecified atom stereocenters. The van der Waals surface area contributed by atoms with E-state index in [0.29, 0.717) is 0 Å². The molecule has 0 bridgehead atoms. The van der Waals surface area contributed by atoms with E-state index in [2.05, 4.69) is 2.02 Å². The van der Waals surface area contributed by atoms with Gasteiger partial charge in [0, 0.05) is 0 Å². The maximum absolute atomic E-state index is 6.10. The van der Waals surface area contributed by atoms with E-state index in [0.717, 1.165) is 0 Å². The van der Waals surface area contributed by atoms with Crippen molar-refractivity contribution < 1.29 is 14.5 Å². The quantitative estimate of drug-likeness (QED) is 0.154. The zero-order chi connectivity index (χ0) is 9.80. The monoisotopic (exact) mass is 412 g/mol. The molecular weight excluding hydrogens is 396 g/mol. The Hall–Kier alpha value is 1.13. The normalized spacial score (nSPS) is 65.5. The number of nitrogens with two attached hydrogens (primary N) is 5. The minimum atomic E-state index is -1.94. The Balaban J connectivity index is 2.24. The number of rotatable bonds is 0. The second kappa shape index (κ2) is 3.32. The molecule has 0 aliphatic carbocycles. The van der Waals surface area contributed by atoms with Gasteiger partial charge >= 0.3 is 88.1 Å². The molecule has 2 heterocycles. The third-order valence-corrected chi connectivity index (χ3v) is 28.0. The fourth-order valence-corrected chi connectivity index (χ4v) is 30.7. The Morgan fingerprint density at radius 2 is 1.23 bits per heavy atom. The molecular formula is C6H16I2N5-. The zero-order valence-corrected chi connectivity index (χ0v) is 11.4. The van der Waals surface area contributed by atoms with Crippen molar-refractivity contribution >= 4 is 18.8 Å². The summed E-state index contributed by atoms with van der Waals surface area (Å²) in [7, 11) is 0. The van der Waals surface area contributed by atoms with Crippen LogP contribution < -0.4 is 43.1 Å². The third-order valence-electron chi connectivity index (χ3n) is 2.67. The molecule has 1 fully saturated rings. The van der Waals surface area contributed by atoms with E-state index in [1.807, 2.05) is 0 Å². The van der Waals surface area contributed by atoms with Gasteiger partial charge in [-0.2, -0.15) is 0 Å². The van der Waals surface area contributed by atoms with Crippen LogP contribution in [0.3, 0.4) is 0 Å². The fraction of sp³-hybridized carbons (Fsp3) is 0.833. The Labute approximate surface area is 87.4 Å². The van der Waals surface area contributed by atoms with Crippen LogP contribution in [0, 0.1) is 0 Å². The number of hydrogen-bond acceptors (Lipinski definition) is 5. The van der Waals surface area contributed by atoms with Gasteiger partial charge in [-0.1, -0.05) is 0 Å². The molecule has 0 aromatic carbocycles. The topological polar surface area (TPSA) is 130 Å². The summed E-state index contributed by atoms with van der Waals surface area (Å²) in [6.45, 7) is 0. The predicted octanol–water partition coefficient (Wildman–Crippen LogP) is -5.63. The van der Waals surface area contributed by atoms with Crippen molar-refractivity contribution in [3.05, 3.63) is 0 Å². The first-order valence-electron chi connectivity index (χ1n) is 4.02. The molecule has 2 aliphatic rings. The molecule has 4 atom stereocenters. The first-order chi connectivity index (χ1) is 6.00. The molecule has 5 nitrogen and oxygen atoms in total. The van der Waals surface area contributed by atoms with E-state index >= 15 is 0 Å². The van der Waals surface area contributed by atoms with Crippen molar-refractivity contribution in [2.24, 2.45) is 28.7 Å². The van der Waals surface area contributed by atoms with Crippen LogP contribution in [0.1, 0.15) is 0 Å². The molecule has 1 spiro atoms. The fourth-order valence-electron chi connectivity index (χ4n) is 1.55. The average Bonchev–Trinajstić information content (AvgIpc) is 2.91. The van der Waals surface area contributed by atoms with Crippen molar-refractivity contribution in [1.82, 2.24) is 0 Å². The van der Waals surface area contributed by atoms with Gasteiger partial charge in [-0.3, -0.25) is 0 Å². The maximum atomic E-state index is 6.10. The van der Waals surface area contributed by atoms with Gasteiger partial charge < -0.3 is 0 Å². The SMILES string of the molecule is NC1C(N)C(N)[I-]2(C=I2)C(N)C1N. The van der Waals surface area contributed by atoms with Crippen molar-refractivity contribution in [1.29, 1.82) is 0 Å². The number of halogens is 2. The van der Waals surface area contributed by atoms with E-state index in [9.17, 15) is 0 Å². The molecule has 1 saturated heterocycles. The van der Waals surface area contributed by atoms with Crippen LogP contribution in [-0.4, -0.2) is 28.2 Å². The van der Waals surface area contributed by atoms with Gasteiger partial charge in [0.25, 0.3) is 0 Å². The predicted molar refractivity (Wildman–Crippen MR) is 60.0 cm³/mol. The van der Waals surface area contributed by atoms with Crippen LogP contribution in [0.25, 0.3) is 0 Å². The molecule has 2 aliphatic heterocycles. The Bertz CT molecular complexity index is 233. The molecule has 13 heavy (non-hydrogen) atoms. The second-order valence-corrected chi connectivity index (χ2v) is 26.6. The first kappa shape index (κ1) is 10.6. The minimum absolute atomic E-state index is 0.0875. The van der Waals surface area contributed by atoms with Crippen molar-refractivity contribution in [3.8, 4) is 0 Å². The van der Waals surface area contributed by atoms with Gasteiger partial charge in [0.1, 0.15) is 0 Å². The standard InChI is InChI=1S/C6H16I2N5/c9-2-3(10)5(12)8(1-7-8)6(13)4(2)11/h1-6H,9-13H2/q-1. The van der Waals surface area contributed by atoms with Crippen LogP contribution in [0.5, 0.6) is 0 Å². The van der Waals surface area contributed by atoms with Gasteiger partial charge in [0.05, 0.1) is 0 Å². The molecule has 10 N–H and O–H groups in total. The van der Waals surface area contributed by atoms with Gasteiger partial charge in [0.15, 0.2) is 0 Å². The summed E-state index contributed by atoms with van der Waals surface area (Å²) in [4.78, 5) is 0. The third kappa shape index (κ3) is 1.40. The van der Waals surface area contributed by atoms with Crippen molar-refractivity contribution in [2.75, 3.05) is 0 Å². The van der Waals surface area contributed by atoms with Gasteiger partial charge in [-0.15, -0.1) is 0 Å².